The number of carbonyl (C=O) groups is 1. The Morgan fingerprint density at radius 2 is 1.33 bits per heavy atom. The first-order valence-corrected chi connectivity index (χ1v) is 9.98. The van der Waals surface area contributed by atoms with Gasteiger partial charge in [-0.2, -0.15) is 5.26 Å². The summed E-state index contributed by atoms with van der Waals surface area (Å²) in [5.74, 6) is -0.246. The molecule has 0 aliphatic carbocycles. The molecule has 0 aromatic rings. The summed E-state index contributed by atoms with van der Waals surface area (Å²) in [6.45, 7) is 2.14. The van der Waals surface area contributed by atoms with E-state index in [1.807, 2.05) is 0 Å². The molecule has 24 heavy (non-hydrogen) atoms. The minimum Gasteiger partial charge on any atom is -0.450 e. The van der Waals surface area contributed by atoms with Gasteiger partial charge >= 0.3 is 5.97 Å². The Morgan fingerprint density at radius 3 is 1.88 bits per heavy atom. The smallest absolute Gasteiger partial charge is 0.306 e. The minimum absolute atomic E-state index is 0.121. The molecule has 0 heterocycles. The van der Waals surface area contributed by atoms with Crippen molar-refractivity contribution in [3.8, 4) is 6.07 Å². The van der Waals surface area contributed by atoms with Gasteiger partial charge in [0.25, 0.3) is 0 Å². The molecule has 3 heteroatoms. The highest BCUT2D eigenvalue weighted by molar-refractivity contribution is 5.69. The molecule has 0 spiro atoms. The highest BCUT2D eigenvalue weighted by Gasteiger charge is 2.01. The van der Waals surface area contributed by atoms with Crippen molar-refractivity contribution >= 4 is 5.97 Å². The molecule has 0 aliphatic rings. The van der Waals surface area contributed by atoms with Crippen molar-refractivity contribution in [3.05, 3.63) is 12.2 Å². The third-order valence-corrected chi connectivity index (χ3v) is 4.19. The summed E-state index contributed by atoms with van der Waals surface area (Å²) in [5, 5.41) is 8.29. The highest BCUT2D eigenvalue weighted by Crippen LogP contribution is 2.10. The van der Waals surface area contributed by atoms with Crippen molar-refractivity contribution in [2.75, 3.05) is 6.61 Å². The van der Waals surface area contributed by atoms with Gasteiger partial charge in [0.15, 0.2) is 6.61 Å². The van der Waals surface area contributed by atoms with E-state index < -0.39 is 0 Å². The number of unbranched alkanes of at least 4 members (excludes halogenated alkanes) is 12. The molecule has 0 atom stereocenters. The van der Waals surface area contributed by atoms with Crippen molar-refractivity contribution in [2.24, 2.45) is 0 Å². The number of ether oxygens (including phenoxy) is 1. The average Bonchev–Trinajstić information content (AvgIpc) is 2.59. The first-order chi connectivity index (χ1) is 11.8. The van der Waals surface area contributed by atoms with Crippen LogP contribution in [0.1, 0.15) is 103 Å². The number of hydrogen-bond donors (Lipinski definition) is 0. The summed E-state index contributed by atoms with van der Waals surface area (Å²) in [5.41, 5.74) is 0. The molecule has 0 saturated heterocycles. The van der Waals surface area contributed by atoms with Crippen molar-refractivity contribution < 1.29 is 9.53 Å². The summed E-state index contributed by atoms with van der Waals surface area (Å²) < 4.78 is 4.71. The number of carbonyl (C=O) groups excluding carboxylic acids is 1. The van der Waals surface area contributed by atoms with Crippen molar-refractivity contribution in [2.45, 2.75) is 103 Å². The zero-order valence-corrected chi connectivity index (χ0v) is 15.7. The van der Waals surface area contributed by atoms with E-state index in [2.05, 4.69) is 19.1 Å². The van der Waals surface area contributed by atoms with E-state index in [4.69, 9.17) is 10.00 Å². The van der Waals surface area contributed by atoms with Gasteiger partial charge < -0.3 is 4.74 Å². The van der Waals surface area contributed by atoms with Gasteiger partial charge in [-0.05, 0) is 32.1 Å². The van der Waals surface area contributed by atoms with Crippen LogP contribution in [0.5, 0.6) is 0 Å². The second kappa shape index (κ2) is 19.7. The van der Waals surface area contributed by atoms with Crippen LogP contribution in [0.4, 0.5) is 0 Å². The van der Waals surface area contributed by atoms with E-state index in [1.165, 1.54) is 77.0 Å². The number of nitrogens with zero attached hydrogens (tertiary/aromatic N) is 1. The maximum absolute atomic E-state index is 11.2. The van der Waals surface area contributed by atoms with Crippen molar-refractivity contribution in [1.29, 1.82) is 5.26 Å². The topological polar surface area (TPSA) is 50.1 Å². The minimum atomic E-state index is -0.246. The van der Waals surface area contributed by atoms with E-state index in [-0.39, 0.29) is 12.6 Å². The molecule has 0 aliphatic heterocycles. The fraction of sp³-hybridized carbons (Fsp3) is 0.810. The summed E-state index contributed by atoms with van der Waals surface area (Å²) in [4.78, 5) is 11.2. The van der Waals surface area contributed by atoms with Gasteiger partial charge in [0, 0.05) is 6.42 Å². The first-order valence-electron chi connectivity index (χ1n) is 9.98. The van der Waals surface area contributed by atoms with Gasteiger partial charge in [-0.15, -0.1) is 0 Å². The van der Waals surface area contributed by atoms with E-state index in [1.54, 1.807) is 6.07 Å². The maximum atomic E-state index is 11.2. The van der Waals surface area contributed by atoms with E-state index in [0.717, 1.165) is 12.8 Å². The number of esters is 1. The summed E-state index contributed by atoms with van der Waals surface area (Å²) in [6.07, 6.45) is 22.8. The largest absolute Gasteiger partial charge is 0.450 e. The van der Waals surface area contributed by atoms with Crippen LogP contribution in [0.15, 0.2) is 12.2 Å². The Hall–Kier alpha value is -1.30. The Morgan fingerprint density at radius 1 is 0.833 bits per heavy atom. The number of allylic oxidation sites excluding steroid dienone is 2. The highest BCUT2D eigenvalue weighted by atomic mass is 16.5. The molecule has 0 fully saturated rings. The summed E-state index contributed by atoms with van der Waals surface area (Å²) in [7, 11) is 0. The van der Waals surface area contributed by atoms with E-state index >= 15 is 0 Å². The van der Waals surface area contributed by atoms with Crippen LogP contribution in [0.2, 0.25) is 0 Å². The zero-order valence-electron chi connectivity index (χ0n) is 15.7. The Bertz CT molecular complexity index is 344. The van der Waals surface area contributed by atoms with Crippen molar-refractivity contribution in [3.63, 3.8) is 0 Å². The van der Waals surface area contributed by atoms with Gasteiger partial charge in [-0.25, -0.2) is 0 Å². The third-order valence-electron chi connectivity index (χ3n) is 4.19. The van der Waals surface area contributed by atoms with Crippen LogP contribution in [0.25, 0.3) is 0 Å². The predicted octanol–water partition coefficient (Wildman–Crippen LogP) is 6.48. The summed E-state index contributed by atoms with van der Waals surface area (Å²) in [6, 6.07) is 1.81. The normalized spacial score (nSPS) is 10.8. The van der Waals surface area contributed by atoms with Gasteiger partial charge in [-0.1, -0.05) is 76.9 Å². The number of rotatable bonds is 17. The van der Waals surface area contributed by atoms with Crippen LogP contribution in [0.3, 0.4) is 0 Å². The predicted molar refractivity (Wildman–Crippen MR) is 101 cm³/mol. The van der Waals surface area contributed by atoms with Crippen LogP contribution in [0, 0.1) is 11.3 Å². The molecule has 3 nitrogen and oxygen atoms in total. The standard InChI is InChI=1S/C21H37NO2/c1-2-3-4-5-6-7-8-9-10-11-12-13-14-15-16-17-18-21(23)24-20-19-22/h10-11H,2-9,12-18,20H2,1H3/b11-10-. The van der Waals surface area contributed by atoms with Crippen LogP contribution < -0.4 is 0 Å². The SMILES string of the molecule is CCCCCCCCC/C=C\CCCCCCCC(=O)OCC#N. The molecule has 0 aromatic carbocycles. The lowest BCUT2D eigenvalue weighted by molar-refractivity contribution is -0.142. The zero-order chi connectivity index (χ0) is 17.7. The van der Waals surface area contributed by atoms with E-state index in [0.29, 0.717) is 6.42 Å². The quantitative estimate of drug-likeness (QED) is 0.174. The fourth-order valence-electron chi connectivity index (χ4n) is 2.70. The van der Waals surface area contributed by atoms with Gasteiger partial charge in [0.1, 0.15) is 6.07 Å². The van der Waals surface area contributed by atoms with Crippen LogP contribution in [-0.2, 0) is 9.53 Å². The number of hydrogen-bond acceptors (Lipinski definition) is 3. The Balaban J connectivity index is 3.16. The second-order valence-corrected chi connectivity index (χ2v) is 6.51. The lowest BCUT2D eigenvalue weighted by Crippen LogP contribution is -2.03. The molecule has 0 radical (unpaired) electrons. The average molecular weight is 336 g/mol. The fourth-order valence-corrected chi connectivity index (χ4v) is 2.70. The third kappa shape index (κ3) is 18.7. The lowest BCUT2D eigenvalue weighted by Gasteiger charge is -2.01. The molecule has 138 valence electrons. The molecule has 0 N–H and O–H groups in total. The summed E-state index contributed by atoms with van der Waals surface area (Å²) >= 11 is 0. The first kappa shape index (κ1) is 22.7. The van der Waals surface area contributed by atoms with Crippen molar-refractivity contribution in [1.82, 2.24) is 0 Å². The molecule has 0 saturated carbocycles. The lowest BCUT2D eigenvalue weighted by atomic mass is 10.1. The number of nitriles is 1. The molecule has 0 unspecified atom stereocenters. The monoisotopic (exact) mass is 335 g/mol. The van der Waals surface area contributed by atoms with Crippen LogP contribution in [-0.4, -0.2) is 12.6 Å². The Kier molecular flexibility index (Phi) is 18.7. The Labute approximate surface area is 149 Å². The van der Waals surface area contributed by atoms with Gasteiger partial charge in [0.05, 0.1) is 0 Å². The van der Waals surface area contributed by atoms with Crippen LogP contribution >= 0.6 is 0 Å². The second-order valence-electron chi connectivity index (χ2n) is 6.51. The molecule has 0 rings (SSSR count). The molecule has 0 aromatic heterocycles. The molecule has 0 amide bonds. The van der Waals surface area contributed by atoms with Gasteiger partial charge in [0.2, 0.25) is 0 Å². The maximum Gasteiger partial charge on any atom is 0.306 e. The molecular formula is C21H37NO2. The van der Waals surface area contributed by atoms with E-state index in [9.17, 15) is 4.79 Å². The molecular weight excluding hydrogens is 298 g/mol. The molecule has 0 bridgehead atoms. The van der Waals surface area contributed by atoms with Gasteiger partial charge in [-0.3, -0.25) is 4.79 Å².